The highest BCUT2D eigenvalue weighted by Crippen LogP contribution is 2.31. The first-order valence-corrected chi connectivity index (χ1v) is 6.53. The van der Waals surface area contributed by atoms with Gasteiger partial charge in [0.25, 0.3) is 0 Å². The molecule has 0 aromatic carbocycles. The lowest BCUT2D eigenvalue weighted by molar-refractivity contribution is -0.123. The first-order chi connectivity index (χ1) is 8.84. The number of amides is 1. The van der Waals surface area contributed by atoms with Crippen LogP contribution in [0.15, 0.2) is 24.4 Å². The number of fused-ring (bicyclic) bond motifs is 1. The maximum absolute atomic E-state index is 12.1. The number of pyridine rings is 1. The molecule has 1 saturated heterocycles. The molecular formula is C13H18N4O. The third-order valence-electron chi connectivity index (χ3n) is 3.87. The van der Waals surface area contributed by atoms with E-state index in [0.717, 1.165) is 12.1 Å². The van der Waals surface area contributed by atoms with E-state index in [1.807, 2.05) is 18.2 Å². The Hall–Kier alpha value is -1.46. The van der Waals surface area contributed by atoms with Crippen molar-refractivity contribution in [1.29, 1.82) is 0 Å². The fourth-order valence-electron chi connectivity index (χ4n) is 2.92. The van der Waals surface area contributed by atoms with Crippen LogP contribution in [0, 0.1) is 5.92 Å². The van der Waals surface area contributed by atoms with Gasteiger partial charge in [0.05, 0.1) is 12.2 Å². The molecular weight excluding hydrogens is 228 g/mol. The van der Waals surface area contributed by atoms with E-state index < -0.39 is 0 Å². The van der Waals surface area contributed by atoms with Crippen molar-refractivity contribution >= 4 is 5.91 Å². The number of aromatic nitrogens is 1. The Labute approximate surface area is 106 Å². The van der Waals surface area contributed by atoms with Crippen LogP contribution in [0.1, 0.15) is 25.0 Å². The minimum absolute atomic E-state index is 0.0718. The van der Waals surface area contributed by atoms with Crippen LogP contribution in [0.25, 0.3) is 0 Å². The SMILES string of the molecule is O=C(NCc1ccccn1)C1NNC2CCCC21. The normalized spacial score (nSPS) is 30.1. The van der Waals surface area contributed by atoms with E-state index in [0.29, 0.717) is 18.5 Å². The standard InChI is InChI=1S/C13H18N4O/c18-13(15-8-9-4-1-2-7-14-9)12-10-5-3-6-11(10)16-17-12/h1-2,4,7,10-12,16-17H,3,5-6,8H2,(H,15,18). The zero-order valence-electron chi connectivity index (χ0n) is 10.2. The molecule has 0 spiro atoms. The Morgan fingerprint density at radius 2 is 2.33 bits per heavy atom. The molecule has 1 amide bonds. The van der Waals surface area contributed by atoms with Crippen LogP contribution >= 0.6 is 0 Å². The number of hydrogen-bond donors (Lipinski definition) is 3. The molecule has 1 saturated carbocycles. The molecule has 2 heterocycles. The number of nitrogens with zero attached hydrogens (tertiary/aromatic N) is 1. The molecule has 3 atom stereocenters. The third-order valence-corrected chi connectivity index (χ3v) is 3.87. The van der Waals surface area contributed by atoms with E-state index in [1.54, 1.807) is 6.20 Å². The topological polar surface area (TPSA) is 66.0 Å². The molecule has 0 bridgehead atoms. The van der Waals surface area contributed by atoms with Gasteiger partial charge in [-0.2, -0.15) is 0 Å². The highest BCUT2D eigenvalue weighted by molar-refractivity contribution is 5.82. The first-order valence-electron chi connectivity index (χ1n) is 6.53. The van der Waals surface area contributed by atoms with Gasteiger partial charge in [0.15, 0.2) is 0 Å². The molecule has 2 fully saturated rings. The largest absolute Gasteiger partial charge is 0.349 e. The number of hydrazine groups is 1. The van der Waals surface area contributed by atoms with Gasteiger partial charge in [-0.1, -0.05) is 12.5 Å². The maximum atomic E-state index is 12.1. The van der Waals surface area contributed by atoms with E-state index in [4.69, 9.17) is 0 Å². The third kappa shape index (κ3) is 2.23. The van der Waals surface area contributed by atoms with Gasteiger partial charge in [-0.25, -0.2) is 5.43 Å². The molecule has 2 aliphatic rings. The molecule has 3 unspecified atom stereocenters. The average Bonchev–Trinajstić information content (AvgIpc) is 2.99. The lowest BCUT2D eigenvalue weighted by Crippen LogP contribution is -2.45. The number of carbonyl (C=O) groups excluding carboxylic acids is 1. The van der Waals surface area contributed by atoms with Crippen molar-refractivity contribution in [3.05, 3.63) is 30.1 Å². The van der Waals surface area contributed by atoms with E-state index in [1.165, 1.54) is 12.8 Å². The summed E-state index contributed by atoms with van der Waals surface area (Å²) in [7, 11) is 0. The fourth-order valence-corrected chi connectivity index (χ4v) is 2.92. The van der Waals surface area contributed by atoms with Crippen LogP contribution in [0.3, 0.4) is 0 Å². The summed E-state index contributed by atoms with van der Waals surface area (Å²) in [5.74, 6) is 0.510. The van der Waals surface area contributed by atoms with Gasteiger partial charge in [0, 0.05) is 18.2 Å². The molecule has 3 rings (SSSR count). The summed E-state index contributed by atoms with van der Waals surface area (Å²) < 4.78 is 0. The second-order valence-electron chi connectivity index (χ2n) is 5.01. The summed E-state index contributed by atoms with van der Waals surface area (Å²) in [6.07, 6.45) is 5.26. The molecule has 0 radical (unpaired) electrons. The highest BCUT2D eigenvalue weighted by Gasteiger charge is 2.42. The molecule has 96 valence electrons. The Morgan fingerprint density at radius 1 is 1.39 bits per heavy atom. The second kappa shape index (κ2) is 5.04. The zero-order chi connectivity index (χ0) is 12.4. The van der Waals surface area contributed by atoms with Crippen LogP contribution in [0.2, 0.25) is 0 Å². The van der Waals surface area contributed by atoms with Crippen LogP contribution in [-0.4, -0.2) is 23.0 Å². The molecule has 3 N–H and O–H groups in total. The Balaban J connectivity index is 1.56. The molecule has 18 heavy (non-hydrogen) atoms. The van der Waals surface area contributed by atoms with E-state index in [-0.39, 0.29) is 11.9 Å². The van der Waals surface area contributed by atoms with Crippen molar-refractivity contribution in [1.82, 2.24) is 21.2 Å². The van der Waals surface area contributed by atoms with Gasteiger partial charge in [-0.05, 0) is 25.0 Å². The number of carbonyl (C=O) groups is 1. The minimum Gasteiger partial charge on any atom is -0.349 e. The summed E-state index contributed by atoms with van der Waals surface area (Å²) in [5, 5.41) is 2.95. The van der Waals surface area contributed by atoms with E-state index in [9.17, 15) is 4.79 Å². The number of rotatable bonds is 3. The lowest BCUT2D eigenvalue weighted by Gasteiger charge is -2.16. The zero-order valence-corrected chi connectivity index (χ0v) is 10.2. The van der Waals surface area contributed by atoms with Gasteiger partial charge < -0.3 is 5.32 Å². The van der Waals surface area contributed by atoms with Gasteiger partial charge in [0.2, 0.25) is 5.91 Å². The molecule has 1 aromatic rings. The summed E-state index contributed by atoms with van der Waals surface area (Å²) in [4.78, 5) is 16.3. The lowest BCUT2D eigenvalue weighted by atomic mass is 9.97. The smallest absolute Gasteiger partial charge is 0.239 e. The van der Waals surface area contributed by atoms with Gasteiger partial charge in [0.1, 0.15) is 6.04 Å². The molecule has 1 aliphatic carbocycles. The Bertz CT molecular complexity index is 422. The van der Waals surface area contributed by atoms with Crippen molar-refractivity contribution < 1.29 is 4.79 Å². The Kier molecular flexibility index (Phi) is 3.25. The summed E-state index contributed by atoms with van der Waals surface area (Å²) in [6, 6.07) is 6.09. The van der Waals surface area contributed by atoms with Crippen molar-refractivity contribution in [2.45, 2.75) is 37.9 Å². The van der Waals surface area contributed by atoms with Crippen LogP contribution in [-0.2, 0) is 11.3 Å². The highest BCUT2D eigenvalue weighted by atomic mass is 16.2. The quantitative estimate of drug-likeness (QED) is 0.719. The summed E-state index contributed by atoms with van der Waals surface area (Å²) in [6.45, 7) is 0.495. The second-order valence-corrected chi connectivity index (χ2v) is 5.01. The van der Waals surface area contributed by atoms with Gasteiger partial charge >= 0.3 is 0 Å². The van der Waals surface area contributed by atoms with E-state index >= 15 is 0 Å². The van der Waals surface area contributed by atoms with Gasteiger partial charge in [-0.15, -0.1) is 0 Å². The minimum atomic E-state index is -0.0961. The predicted octanol–water partition coefficient (Wildman–Crippen LogP) is 0.343. The van der Waals surface area contributed by atoms with Crippen LogP contribution in [0.5, 0.6) is 0 Å². The van der Waals surface area contributed by atoms with Gasteiger partial charge in [-0.3, -0.25) is 15.2 Å². The van der Waals surface area contributed by atoms with Crippen molar-refractivity contribution in [3.8, 4) is 0 Å². The summed E-state index contributed by atoms with van der Waals surface area (Å²) >= 11 is 0. The Morgan fingerprint density at radius 3 is 3.17 bits per heavy atom. The van der Waals surface area contributed by atoms with Crippen LogP contribution < -0.4 is 16.2 Å². The van der Waals surface area contributed by atoms with Crippen LogP contribution in [0.4, 0.5) is 0 Å². The fraction of sp³-hybridized carbons (Fsp3) is 0.538. The summed E-state index contributed by atoms with van der Waals surface area (Å²) in [5.41, 5.74) is 7.22. The molecule has 1 aromatic heterocycles. The first kappa shape index (κ1) is 11.6. The number of nitrogens with one attached hydrogen (secondary N) is 3. The molecule has 1 aliphatic heterocycles. The predicted molar refractivity (Wildman–Crippen MR) is 67.3 cm³/mol. The number of hydrogen-bond acceptors (Lipinski definition) is 4. The average molecular weight is 246 g/mol. The van der Waals surface area contributed by atoms with Crippen molar-refractivity contribution in [2.24, 2.45) is 5.92 Å². The van der Waals surface area contributed by atoms with E-state index in [2.05, 4.69) is 21.2 Å². The van der Waals surface area contributed by atoms with Crippen molar-refractivity contribution in [2.75, 3.05) is 0 Å². The monoisotopic (exact) mass is 246 g/mol. The molecule has 5 heteroatoms. The molecule has 5 nitrogen and oxygen atoms in total. The maximum Gasteiger partial charge on any atom is 0.239 e. The van der Waals surface area contributed by atoms with Crippen molar-refractivity contribution in [3.63, 3.8) is 0 Å².